The van der Waals surface area contributed by atoms with Crippen LogP contribution in [0.15, 0.2) is 97.1 Å². The molecule has 4 aromatic rings. The molecule has 5 rings (SSSR count). The summed E-state index contributed by atoms with van der Waals surface area (Å²) in [5.74, 6) is 1.66. The second-order valence-electron chi connectivity index (χ2n) is 19.8. The number of hydrogen-bond donors (Lipinski definition) is 2. The minimum atomic E-state index is 0.0558. The molecule has 2 heteroatoms. The van der Waals surface area contributed by atoms with Gasteiger partial charge in [0.2, 0.25) is 0 Å². The Morgan fingerprint density at radius 2 is 0.677 bits per heavy atom. The largest absolute Gasteiger partial charge is 0.399 e. The zero-order valence-corrected chi connectivity index (χ0v) is 40.1. The van der Waals surface area contributed by atoms with Gasteiger partial charge in [-0.2, -0.15) is 0 Å². The van der Waals surface area contributed by atoms with Crippen LogP contribution in [0, 0.1) is 5.92 Å². The van der Waals surface area contributed by atoms with E-state index in [4.69, 9.17) is 11.5 Å². The summed E-state index contributed by atoms with van der Waals surface area (Å²) in [6.07, 6.45) is 39.0. The number of hydrogen-bond acceptors (Lipinski definition) is 2. The highest BCUT2D eigenvalue weighted by molar-refractivity contribution is 5.47. The van der Waals surface area contributed by atoms with Gasteiger partial charge in [-0.3, -0.25) is 0 Å². The Hall–Kier alpha value is -3.52. The minimum Gasteiger partial charge on any atom is -0.399 e. The zero-order chi connectivity index (χ0) is 43.7. The number of nitrogen functional groups attached to an aromatic ring is 2. The molecular weight excluding hydrogens is 749 g/mol. The van der Waals surface area contributed by atoms with Crippen molar-refractivity contribution in [1.82, 2.24) is 0 Å². The second kappa shape index (κ2) is 28.3. The van der Waals surface area contributed by atoms with Crippen molar-refractivity contribution in [1.29, 1.82) is 0 Å². The van der Waals surface area contributed by atoms with E-state index in [1.807, 2.05) is 0 Å². The fourth-order valence-electron chi connectivity index (χ4n) is 10.9. The molecule has 0 saturated heterocycles. The van der Waals surface area contributed by atoms with Crippen molar-refractivity contribution >= 4 is 11.4 Å². The van der Waals surface area contributed by atoms with Gasteiger partial charge in [-0.25, -0.2) is 0 Å². The Labute approximate surface area is 381 Å². The molecule has 0 radical (unpaired) electrons. The Bertz CT molecular complexity index is 1590. The van der Waals surface area contributed by atoms with Crippen LogP contribution in [-0.2, 0) is 5.41 Å². The summed E-state index contributed by atoms with van der Waals surface area (Å²) in [4.78, 5) is 0. The molecule has 340 valence electrons. The Morgan fingerprint density at radius 1 is 0.387 bits per heavy atom. The summed E-state index contributed by atoms with van der Waals surface area (Å²) in [5.41, 5.74) is 22.9. The van der Waals surface area contributed by atoms with Crippen LogP contribution in [0.25, 0.3) is 0 Å². The fraction of sp³-hybridized carbons (Fsp3) is 0.600. The molecule has 0 aromatic heterocycles. The third-order valence-electron chi connectivity index (χ3n) is 15.0. The Morgan fingerprint density at radius 3 is 1.00 bits per heavy atom. The number of unbranched alkanes of at least 4 members (excludes halogenated alkanes) is 19. The van der Waals surface area contributed by atoms with Crippen LogP contribution < -0.4 is 11.5 Å². The summed E-state index contributed by atoms with van der Waals surface area (Å²) in [6, 6.07) is 37.6. The summed E-state index contributed by atoms with van der Waals surface area (Å²) < 4.78 is 0. The summed E-state index contributed by atoms with van der Waals surface area (Å²) in [7, 11) is 0. The van der Waals surface area contributed by atoms with Gasteiger partial charge in [0.25, 0.3) is 0 Å². The van der Waals surface area contributed by atoms with E-state index in [9.17, 15) is 0 Å². The molecule has 0 amide bonds. The lowest BCUT2D eigenvalue weighted by Gasteiger charge is -2.42. The van der Waals surface area contributed by atoms with Gasteiger partial charge in [-0.05, 0) is 102 Å². The van der Waals surface area contributed by atoms with E-state index < -0.39 is 0 Å². The molecule has 2 unspecified atom stereocenters. The quantitative estimate of drug-likeness (QED) is 0.0392. The first-order valence-electron chi connectivity index (χ1n) is 26.4. The maximum atomic E-state index is 6.19. The maximum absolute atomic E-state index is 6.19. The summed E-state index contributed by atoms with van der Waals surface area (Å²) in [6.45, 7) is 6.96. The van der Waals surface area contributed by atoms with Gasteiger partial charge < -0.3 is 11.5 Å². The average Bonchev–Trinajstić information content (AvgIpc) is 3.30. The van der Waals surface area contributed by atoms with Crippen LogP contribution in [0.1, 0.15) is 252 Å². The van der Waals surface area contributed by atoms with Crippen molar-refractivity contribution in [2.24, 2.45) is 5.92 Å². The van der Waals surface area contributed by atoms with E-state index in [-0.39, 0.29) is 5.41 Å². The molecule has 0 heterocycles. The highest BCUT2D eigenvalue weighted by atomic mass is 14.5. The second-order valence-corrected chi connectivity index (χ2v) is 19.8. The molecule has 0 spiro atoms. The lowest BCUT2D eigenvalue weighted by Crippen LogP contribution is -2.33. The number of rotatable bonds is 31. The van der Waals surface area contributed by atoms with E-state index in [1.165, 1.54) is 220 Å². The van der Waals surface area contributed by atoms with Gasteiger partial charge in [-0.15, -0.1) is 0 Å². The van der Waals surface area contributed by atoms with Gasteiger partial charge in [0.15, 0.2) is 0 Å². The molecule has 1 fully saturated rings. The molecule has 1 aliphatic rings. The van der Waals surface area contributed by atoms with Crippen molar-refractivity contribution in [3.05, 3.63) is 130 Å². The topological polar surface area (TPSA) is 52.0 Å². The number of benzene rings is 4. The molecule has 4 N–H and O–H groups in total. The summed E-state index contributed by atoms with van der Waals surface area (Å²) >= 11 is 0. The van der Waals surface area contributed by atoms with Crippen LogP contribution in [0.5, 0.6) is 0 Å². The maximum Gasteiger partial charge on any atom is 0.0314 e. The monoisotopic (exact) mass is 839 g/mol. The van der Waals surface area contributed by atoms with Crippen molar-refractivity contribution in [3.8, 4) is 0 Å². The van der Waals surface area contributed by atoms with E-state index in [0.717, 1.165) is 17.3 Å². The van der Waals surface area contributed by atoms with Crippen molar-refractivity contribution in [2.75, 3.05) is 11.5 Å². The third kappa shape index (κ3) is 15.9. The third-order valence-corrected chi connectivity index (χ3v) is 15.0. The predicted octanol–water partition coefficient (Wildman–Crippen LogP) is 18.4. The molecule has 1 aliphatic carbocycles. The molecule has 2 atom stereocenters. The fourth-order valence-corrected chi connectivity index (χ4v) is 10.9. The molecule has 0 bridgehead atoms. The van der Waals surface area contributed by atoms with Crippen LogP contribution in [-0.4, -0.2) is 0 Å². The van der Waals surface area contributed by atoms with Crippen molar-refractivity contribution in [2.45, 2.75) is 224 Å². The summed E-state index contributed by atoms with van der Waals surface area (Å²) in [5, 5.41) is 0. The standard InChI is InChI=1S/C60H90N2/c1-4-7-10-12-14-16-18-20-22-24-27-58(52-33-41-56(61)42-34-52)50-29-37-54(38-30-50)60(47-45-49(46-48-60)26-9-6-3)55-39-31-51(32-40-55)59(53-35-43-57(62)44-36-53)28-25-23-21-19-17-15-13-11-8-5-2/h29-44,49,58-59H,4-28,45-48,61-62H2,1-3H3. The van der Waals surface area contributed by atoms with E-state index >= 15 is 0 Å². The van der Waals surface area contributed by atoms with Gasteiger partial charge in [0.05, 0.1) is 0 Å². The number of nitrogens with two attached hydrogens (primary N) is 2. The van der Waals surface area contributed by atoms with E-state index in [0.29, 0.717) is 11.8 Å². The molecule has 0 aliphatic heterocycles. The molecule has 1 saturated carbocycles. The van der Waals surface area contributed by atoms with Crippen molar-refractivity contribution < 1.29 is 0 Å². The van der Waals surface area contributed by atoms with Gasteiger partial charge in [0, 0.05) is 28.6 Å². The van der Waals surface area contributed by atoms with Crippen LogP contribution in [0.4, 0.5) is 11.4 Å². The molecule has 62 heavy (non-hydrogen) atoms. The molecule has 4 aromatic carbocycles. The zero-order valence-electron chi connectivity index (χ0n) is 40.1. The SMILES string of the molecule is CCCCCCCCCCCCC(c1ccc(N)cc1)c1ccc(C2(c3ccc(C(CCCCCCCCCCCC)c4ccc(N)cc4)cc3)CCC(CCCC)CC2)cc1. The van der Waals surface area contributed by atoms with Crippen molar-refractivity contribution in [3.63, 3.8) is 0 Å². The van der Waals surface area contributed by atoms with Crippen LogP contribution in [0.3, 0.4) is 0 Å². The Kier molecular flexibility index (Phi) is 22.6. The highest BCUT2D eigenvalue weighted by Crippen LogP contribution is 2.48. The van der Waals surface area contributed by atoms with E-state index in [1.54, 1.807) is 0 Å². The smallest absolute Gasteiger partial charge is 0.0314 e. The van der Waals surface area contributed by atoms with Gasteiger partial charge in [-0.1, -0.05) is 241 Å². The van der Waals surface area contributed by atoms with Gasteiger partial charge in [0.1, 0.15) is 0 Å². The van der Waals surface area contributed by atoms with E-state index in [2.05, 4.69) is 118 Å². The Balaban J connectivity index is 1.31. The lowest BCUT2D eigenvalue weighted by molar-refractivity contribution is 0.251. The molecular formula is C60H90N2. The van der Waals surface area contributed by atoms with Crippen LogP contribution >= 0.6 is 0 Å². The average molecular weight is 839 g/mol. The van der Waals surface area contributed by atoms with Crippen LogP contribution in [0.2, 0.25) is 0 Å². The first-order chi connectivity index (χ1) is 30.5. The lowest BCUT2D eigenvalue weighted by atomic mass is 9.62. The molecule has 2 nitrogen and oxygen atoms in total. The predicted molar refractivity (Wildman–Crippen MR) is 273 cm³/mol. The first kappa shape index (κ1) is 49.5. The normalized spacial score (nSPS) is 17.6. The first-order valence-corrected chi connectivity index (χ1v) is 26.4. The van der Waals surface area contributed by atoms with Gasteiger partial charge >= 0.3 is 0 Å². The highest BCUT2D eigenvalue weighted by Gasteiger charge is 2.38. The minimum absolute atomic E-state index is 0.0558. The number of anilines is 2.